The summed E-state index contributed by atoms with van der Waals surface area (Å²) in [6.07, 6.45) is 0.806. The van der Waals surface area contributed by atoms with Crippen LogP contribution in [0.1, 0.15) is 16.1 Å². The maximum absolute atomic E-state index is 14.4. The fourth-order valence-corrected chi connectivity index (χ4v) is 5.12. The molecule has 0 bridgehead atoms. The fraction of sp³-hybridized carbons (Fsp3) is 0.167. The number of amides is 1. The average Bonchev–Trinajstić information content (AvgIpc) is 3.44. The maximum atomic E-state index is 14.4. The Morgan fingerprint density at radius 2 is 1.91 bits per heavy atom. The van der Waals surface area contributed by atoms with E-state index < -0.39 is 11.6 Å². The number of carbonyl (C=O) groups is 1. The highest BCUT2D eigenvalue weighted by Crippen LogP contribution is 2.38. The molecule has 2 aromatic carbocycles. The Morgan fingerprint density at radius 3 is 2.64 bits per heavy atom. The largest absolute Gasteiger partial charge is 0.351 e. The van der Waals surface area contributed by atoms with Crippen LogP contribution in [0.2, 0.25) is 0 Å². The van der Waals surface area contributed by atoms with E-state index in [9.17, 15) is 18.4 Å². The molecule has 0 saturated carbocycles. The van der Waals surface area contributed by atoms with Crippen molar-refractivity contribution < 1.29 is 13.6 Å². The standard InChI is InChI=1S/C24H20F2N4O2S/c25-14-6-8-19(18(26)12-14)29-21-17-7-9-20(31)30(16-4-2-1-3-5-16)24(17)33-22(21)23(32)28-15-10-11-27-13-15/h1-9,12,15,27,29H,10-11,13H2,(H,28,32). The highest BCUT2D eigenvalue weighted by atomic mass is 32.1. The van der Waals surface area contributed by atoms with Gasteiger partial charge in [0.2, 0.25) is 0 Å². The lowest BCUT2D eigenvalue weighted by molar-refractivity contribution is 0.0945. The molecule has 4 aromatic rings. The second-order valence-electron chi connectivity index (χ2n) is 7.78. The van der Waals surface area contributed by atoms with Gasteiger partial charge in [0.15, 0.2) is 0 Å². The SMILES string of the molecule is O=C(NC1CCNC1)c1sc2c(ccc(=O)n2-c2ccccc2)c1Nc1ccc(F)cc1F. The molecule has 2 aromatic heterocycles. The number of rotatable bonds is 5. The summed E-state index contributed by atoms with van der Waals surface area (Å²) in [6.45, 7) is 1.48. The van der Waals surface area contributed by atoms with Gasteiger partial charge in [-0.3, -0.25) is 14.2 Å². The molecular weight excluding hydrogens is 446 g/mol. The minimum absolute atomic E-state index is 0.0190. The smallest absolute Gasteiger partial charge is 0.263 e. The lowest BCUT2D eigenvalue weighted by Crippen LogP contribution is -2.36. The number of aromatic nitrogens is 1. The quantitative estimate of drug-likeness (QED) is 0.413. The number of nitrogens with one attached hydrogen (secondary N) is 3. The summed E-state index contributed by atoms with van der Waals surface area (Å²) in [4.78, 5) is 26.9. The zero-order chi connectivity index (χ0) is 22.9. The lowest BCUT2D eigenvalue weighted by Gasteiger charge is -2.13. The van der Waals surface area contributed by atoms with Crippen LogP contribution in [0.4, 0.5) is 20.2 Å². The van der Waals surface area contributed by atoms with Gasteiger partial charge in [-0.15, -0.1) is 11.3 Å². The zero-order valence-corrected chi connectivity index (χ0v) is 18.2. The maximum Gasteiger partial charge on any atom is 0.263 e. The van der Waals surface area contributed by atoms with Gasteiger partial charge in [0, 0.05) is 30.1 Å². The number of carbonyl (C=O) groups excluding carboxylic acids is 1. The van der Waals surface area contributed by atoms with E-state index in [0.29, 0.717) is 33.0 Å². The number of thiophene rings is 1. The van der Waals surface area contributed by atoms with Gasteiger partial charge in [0.25, 0.3) is 11.5 Å². The van der Waals surface area contributed by atoms with E-state index in [1.165, 1.54) is 16.7 Å². The average molecular weight is 467 g/mol. The van der Waals surface area contributed by atoms with Crippen molar-refractivity contribution in [3.05, 3.63) is 87.5 Å². The Bertz CT molecular complexity index is 1400. The molecule has 33 heavy (non-hydrogen) atoms. The van der Waals surface area contributed by atoms with Crippen LogP contribution in [0.3, 0.4) is 0 Å². The Balaban J connectivity index is 1.68. The van der Waals surface area contributed by atoms with Gasteiger partial charge in [0.05, 0.1) is 17.1 Å². The van der Waals surface area contributed by atoms with Gasteiger partial charge in [-0.25, -0.2) is 8.78 Å². The molecule has 5 rings (SSSR count). The second-order valence-corrected chi connectivity index (χ2v) is 8.78. The van der Waals surface area contributed by atoms with Crippen LogP contribution in [0, 0.1) is 11.6 Å². The molecule has 1 atom stereocenters. The van der Waals surface area contributed by atoms with Crippen molar-refractivity contribution >= 4 is 38.8 Å². The Hall–Kier alpha value is -3.56. The van der Waals surface area contributed by atoms with Crippen molar-refractivity contribution in [3.8, 4) is 5.69 Å². The highest BCUT2D eigenvalue weighted by Gasteiger charge is 2.25. The van der Waals surface area contributed by atoms with E-state index >= 15 is 0 Å². The molecule has 3 N–H and O–H groups in total. The van der Waals surface area contributed by atoms with E-state index in [1.807, 2.05) is 18.2 Å². The molecule has 1 fully saturated rings. The topological polar surface area (TPSA) is 75.2 Å². The Kier molecular flexibility index (Phi) is 5.65. The molecule has 1 aliphatic rings. The second kappa shape index (κ2) is 8.76. The first kappa shape index (κ1) is 21.3. The molecule has 168 valence electrons. The van der Waals surface area contributed by atoms with Crippen molar-refractivity contribution in [2.24, 2.45) is 0 Å². The van der Waals surface area contributed by atoms with Crippen LogP contribution in [0.5, 0.6) is 0 Å². The third-order valence-corrected chi connectivity index (χ3v) is 6.74. The number of nitrogens with zero attached hydrogens (tertiary/aromatic N) is 1. The molecule has 3 heterocycles. The molecule has 1 amide bonds. The van der Waals surface area contributed by atoms with E-state index in [4.69, 9.17) is 0 Å². The molecule has 6 nitrogen and oxygen atoms in total. The number of fused-ring (bicyclic) bond motifs is 1. The first-order valence-corrected chi connectivity index (χ1v) is 11.3. The summed E-state index contributed by atoms with van der Waals surface area (Å²) in [5.74, 6) is -1.79. The van der Waals surface area contributed by atoms with Crippen molar-refractivity contribution in [3.63, 3.8) is 0 Å². The fourth-order valence-electron chi connectivity index (χ4n) is 3.94. The summed E-state index contributed by atoms with van der Waals surface area (Å²) in [5.41, 5.74) is 0.806. The number of halogens is 2. The van der Waals surface area contributed by atoms with Crippen LogP contribution < -0.4 is 21.5 Å². The van der Waals surface area contributed by atoms with E-state index in [-0.39, 0.29) is 23.2 Å². The molecular formula is C24H20F2N4O2S. The van der Waals surface area contributed by atoms with Crippen LogP contribution in [0.15, 0.2) is 65.5 Å². The molecule has 1 unspecified atom stereocenters. The molecule has 0 aliphatic carbocycles. The monoisotopic (exact) mass is 466 g/mol. The summed E-state index contributed by atoms with van der Waals surface area (Å²) >= 11 is 1.15. The number of pyridine rings is 1. The van der Waals surface area contributed by atoms with Crippen molar-refractivity contribution in [2.75, 3.05) is 18.4 Å². The zero-order valence-electron chi connectivity index (χ0n) is 17.4. The number of hydrogen-bond donors (Lipinski definition) is 3. The van der Waals surface area contributed by atoms with Gasteiger partial charge < -0.3 is 16.0 Å². The van der Waals surface area contributed by atoms with E-state index in [2.05, 4.69) is 16.0 Å². The predicted molar refractivity (Wildman–Crippen MR) is 126 cm³/mol. The Morgan fingerprint density at radius 1 is 1.09 bits per heavy atom. The molecule has 1 saturated heterocycles. The molecule has 0 spiro atoms. The first-order valence-electron chi connectivity index (χ1n) is 10.5. The molecule has 0 radical (unpaired) electrons. The van der Waals surface area contributed by atoms with Crippen LogP contribution in [-0.4, -0.2) is 29.6 Å². The van der Waals surface area contributed by atoms with Gasteiger partial charge >= 0.3 is 0 Å². The first-order chi connectivity index (χ1) is 16.0. The summed E-state index contributed by atoms with van der Waals surface area (Å²) < 4.78 is 29.4. The number of para-hydroxylation sites is 1. The van der Waals surface area contributed by atoms with Gasteiger partial charge in [-0.05, 0) is 43.3 Å². The summed E-state index contributed by atoms with van der Waals surface area (Å²) in [7, 11) is 0. The van der Waals surface area contributed by atoms with Crippen molar-refractivity contribution in [1.29, 1.82) is 0 Å². The number of hydrogen-bond acceptors (Lipinski definition) is 5. The minimum Gasteiger partial charge on any atom is -0.351 e. The summed E-state index contributed by atoms with van der Waals surface area (Å²) in [6, 6.07) is 15.3. The molecule has 1 aliphatic heterocycles. The van der Waals surface area contributed by atoms with E-state index in [0.717, 1.165) is 36.4 Å². The normalized spacial score (nSPS) is 15.6. The van der Waals surface area contributed by atoms with Gasteiger partial charge in [-0.1, -0.05) is 18.2 Å². The van der Waals surface area contributed by atoms with Gasteiger partial charge in [-0.2, -0.15) is 0 Å². The third kappa shape index (κ3) is 4.12. The predicted octanol–water partition coefficient (Wildman–Crippen LogP) is 4.17. The number of anilines is 2. The summed E-state index contributed by atoms with van der Waals surface area (Å²) in [5, 5.41) is 9.77. The van der Waals surface area contributed by atoms with Crippen LogP contribution in [0.25, 0.3) is 15.9 Å². The number of benzene rings is 2. The molecule has 9 heteroatoms. The van der Waals surface area contributed by atoms with E-state index in [1.54, 1.807) is 18.2 Å². The van der Waals surface area contributed by atoms with Crippen LogP contribution >= 0.6 is 11.3 Å². The highest BCUT2D eigenvalue weighted by molar-refractivity contribution is 7.21. The van der Waals surface area contributed by atoms with Crippen molar-refractivity contribution in [2.45, 2.75) is 12.5 Å². The van der Waals surface area contributed by atoms with Crippen LogP contribution in [-0.2, 0) is 0 Å². The Labute approximate surface area is 191 Å². The lowest BCUT2D eigenvalue weighted by atomic mass is 10.2. The third-order valence-electron chi connectivity index (χ3n) is 5.55. The van der Waals surface area contributed by atoms with Crippen molar-refractivity contribution in [1.82, 2.24) is 15.2 Å². The minimum atomic E-state index is -0.780. The van der Waals surface area contributed by atoms with Gasteiger partial charge in [0.1, 0.15) is 21.3 Å².